The van der Waals surface area contributed by atoms with Gasteiger partial charge < -0.3 is 9.64 Å². The van der Waals surface area contributed by atoms with Gasteiger partial charge in [0.25, 0.3) is 17.7 Å². The fourth-order valence-electron chi connectivity index (χ4n) is 2.12. The van der Waals surface area contributed by atoms with Gasteiger partial charge in [-0.2, -0.15) is 0 Å². The number of nitrogens with one attached hydrogen (secondary N) is 2. The first-order chi connectivity index (χ1) is 12.3. The van der Waals surface area contributed by atoms with Gasteiger partial charge in [0.05, 0.1) is 0 Å². The number of esters is 1. The van der Waals surface area contributed by atoms with Crippen LogP contribution in [0.15, 0.2) is 30.3 Å². The summed E-state index contributed by atoms with van der Waals surface area (Å²) >= 11 is 0. The van der Waals surface area contributed by atoms with E-state index in [1.807, 2.05) is 0 Å². The van der Waals surface area contributed by atoms with Crippen LogP contribution in [0, 0.1) is 0 Å². The van der Waals surface area contributed by atoms with Crippen molar-refractivity contribution in [2.75, 3.05) is 20.1 Å². The van der Waals surface area contributed by atoms with Crippen molar-refractivity contribution in [3.05, 3.63) is 35.9 Å². The van der Waals surface area contributed by atoms with Crippen molar-refractivity contribution < 1.29 is 28.7 Å². The second kappa shape index (κ2) is 8.10. The summed E-state index contributed by atoms with van der Waals surface area (Å²) in [4.78, 5) is 60.7. The largest absolute Gasteiger partial charge is 0.451 e. The van der Waals surface area contributed by atoms with Crippen LogP contribution in [0.25, 0.3) is 0 Å². The first kappa shape index (κ1) is 18.9. The van der Waals surface area contributed by atoms with E-state index in [0.717, 1.165) is 9.80 Å². The lowest BCUT2D eigenvalue weighted by Crippen LogP contribution is -2.47. The SMILES string of the molecule is C[C@@H](OC(=O)CN1C(=O)CN(C)C1=O)C(=O)NNC(=O)c1ccccc1. The van der Waals surface area contributed by atoms with E-state index in [0.29, 0.717) is 5.56 Å². The van der Waals surface area contributed by atoms with Crippen LogP contribution in [0.1, 0.15) is 17.3 Å². The summed E-state index contributed by atoms with van der Waals surface area (Å²) in [6.07, 6.45) is -1.23. The lowest BCUT2D eigenvalue weighted by molar-refractivity contribution is -0.156. The minimum Gasteiger partial charge on any atom is -0.451 e. The molecule has 10 nitrogen and oxygen atoms in total. The number of ether oxygens (including phenoxy) is 1. The van der Waals surface area contributed by atoms with E-state index in [1.54, 1.807) is 30.3 Å². The molecule has 0 bridgehead atoms. The second-order valence-corrected chi connectivity index (χ2v) is 5.56. The number of imide groups is 1. The van der Waals surface area contributed by atoms with Gasteiger partial charge in [0.1, 0.15) is 13.1 Å². The molecule has 0 aliphatic carbocycles. The Morgan fingerprint density at radius 1 is 1.15 bits per heavy atom. The summed E-state index contributed by atoms with van der Waals surface area (Å²) in [6.45, 7) is 0.589. The maximum Gasteiger partial charge on any atom is 0.327 e. The van der Waals surface area contributed by atoms with Crippen molar-refractivity contribution in [1.29, 1.82) is 0 Å². The van der Waals surface area contributed by atoms with E-state index in [9.17, 15) is 24.0 Å². The molecule has 1 saturated heterocycles. The summed E-state index contributed by atoms with van der Waals surface area (Å²) < 4.78 is 4.88. The van der Waals surface area contributed by atoms with Crippen molar-refractivity contribution in [3.63, 3.8) is 0 Å². The Morgan fingerprint density at radius 2 is 1.81 bits per heavy atom. The predicted octanol–water partition coefficient (Wildman–Crippen LogP) is -0.727. The Morgan fingerprint density at radius 3 is 2.38 bits per heavy atom. The third kappa shape index (κ3) is 4.56. The van der Waals surface area contributed by atoms with E-state index in [4.69, 9.17) is 4.74 Å². The van der Waals surface area contributed by atoms with Crippen LogP contribution in [-0.2, 0) is 19.1 Å². The predicted molar refractivity (Wildman–Crippen MR) is 87.3 cm³/mol. The first-order valence-corrected chi connectivity index (χ1v) is 7.69. The van der Waals surface area contributed by atoms with Gasteiger partial charge in [0, 0.05) is 12.6 Å². The zero-order chi connectivity index (χ0) is 19.3. The molecule has 1 aliphatic heterocycles. The monoisotopic (exact) mass is 362 g/mol. The number of rotatable bonds is 5. The van der Waals surface area contributed by atoms with E-state index in [2.05, 4.69) is 10.9 Å². The molecule has 1 atom stereocenters. The number of hydrogen-bond acceptors (Lipinski definition) is 6. The average Bonchev–Trinajstić information content (AvgIpc) is 2.86. The normalized spacial score (nSPS) is 14.8. The van der Waals surface area contributed by atoms with Crippen LogP contribution >= 0.6 is 0 Å². The number of amides is 5. The van der Waals surface area contributed by atoms with Gasteiger partial charge in [0.2, 0.25) is 0 Å². The molecule has 2 rings (SSSR count). The Hall–Kier alpha value is -3.43. The summed E-state index contributed by atoms with van der Waals surface area (Å²) in [5, 5.41) is 0. The Labute approximate surface area is 149 Å². The fourth-order valence-corrected chi connectivity index (χ4v) is 2.12. The first-order valence-electron chi connectivity index (χ1n) is 7.69. The maximum atomic E-state index is 11.9. The van der Waals surface area contributed by atoms with Gasteiger partial charge >= 0.3 is 12.0 Å². The molecule has 26 heavy (non-hydrogen) atoms. The zero-order valence-electron chi connectivity index (χ0n) is 14.2. The Kier molecular flexibility index (Phi) is 5.89. The molecule has 0 radical (unpaired) electrons. The minimum atomic E-state index is -1.23. The Bertz CT molecular complexity index is 736. The van der Waals surface area contributed by atoms with Crippen LogP contribution in [-0.4, -0.2) is 65.8 Å². The quantitative estimate of drug-likeness (QED) is 0.404. The molecule has 0 saturated carbocycles. The van der Waals surface area contributed by atoms with Crippen LogP contribution in [0.2, 0.25) is 0 Å². The van der Waals surface area contributed by atoms with Crippen LogP contribution in [0.4, 0.5) is 4.79 Å². The second-order valence-electron chi connectivity index (χ2n) is 5.56. The third-order valence-electron chi connectivity index (χ3n) is 3.53. The lowest BCUT2D eigenvalue weighted by Gasteiger charge is -2.17. The standard InChI is InChI=1S/C16H18N4O6/c1-10(14(23)17-18-15(24)11-6-4-3-5-7-11)26-13(22)9-20-12(21)8-19(2)16(20)25/h3-7,10H,8-9H2,1-2H3,(H,17,23)(H,18,24)/t10-/m1/s1. The average molecular weight is 362 g/mol. The van der Waals surface area contributed by atoms with E-state index in [-0.39, 0.29) is 6.54 Å². The van der Waals surface area contributed by atoms with E-state index in [1.165, 1.54) is 14.0 Å². The number of likely N-dealkylation sites (N-methyl/N-ethyl adjacent to an activating group) is 1. The highest BCUT2D eigenvalue weighted by atomic mass is 16.5. The molecule has 0 aromatic heterocycles. The molecular formula is C16H18N4O6. The molecule has 1 aromatic rings. The number of hydrogen-bond donors (Lipinski definition) is 2. The summed E-state index contributed by atoms with van der Waals surface area (Å²) in [5.74, 6) is -2.74. The minimum absolute atomic E-state index is 0.117. The van der Waals surface area contributed by atoms with Crippen LogP contribution in [0.3, 0.4) is 0 Å². The number of nitrogens with zero attached hydrogens (tertiary/aromatic N) is 2. The van der Waals surface area contributed by atoms with Gasteiger partial charge in [-0.25, -0.2) is 4.79 Å². The maximum absolute atomic E-state index is 11.9. The van der Waals surface area contributed by atoms with Gasteiger partial charge in [0.15, 0.2) is 6.10 Å². The number of urea groups is 1. The molecule has 1 aromatic carbocycles. The number of hydrazine groups is 1. The lowest BCUT2D eigenvalue weighted by atomic mass is 10.2. The molecule has 1 heterocycles. The zero-order valence-corrected chi connectivity index (χ0v) is 14.2. The molecule has 2 N–H and O–H groups in total. The van der Waals surface area contributed by atoms with Gasteiger partial charge in [-0.05, 0) is 19.1 Å². The van der Waals surface area contributed by atoms with Crippen molar-refractivity contribution in [2.24, 2.45) is 0 Å². The molecule has 0 spiro atoms. The third-order valence-corrected chi connectivity index (χ3v) is 3.53. The van der Waals surface area contributed by atoms with Crippen molar-refractivity contribution in [3.8, 4) is 0 Å². The van der Waals surface area contributed by atoms with Gasteiger partial charge in [-0.15, -0.1) is 0 Å². The highest BCUT2D eigenvalue weighted by Gasteiger charge is 2.35. The Balaban J connectivity index is 1.79. The molecule has 138 valence electrons. The molecule has 10 heteroatoms. The number of carbonyl (C=O) groups is 5. The van der Waals surface area contributed by atoms with E-state index < -0.39 is 42.4 Å². The van der Waals surface area contributed by atoms with Crippen molar-refractivity contribution >= 4 is 29.7 Å². The van der Waals surface area contributed by atoms with Gasteiger partial charge in [-0.3, -0.25) is 34.9 Å². The van der Waals surface area contributed by atoms with Crippen molar-refractivity contribution in [2.45, 2.75) is 13.0 Å². The van der Waals surface area contributed by atoms with Crippen molar-refractivity contribution in [1.82, 2.24) is 20.7 Å². The highest BCUT2D eigenvalue weighted by Crippen LogP contribution is 2.08. The van der Waals surface area contributed by atoms with Crippen LogP contribution < -0.4 is 10.9 Å². The molecule has 5 amide bonds. The summed E-state index contributed by atoms with van der Waals surface area (Å²) in [7, 11) is 1.43. The molecule has 0 unspecified atom stereocenters. The van der Waals surface area contributed by atoms with Crippen LogP contribution in [0.5, 0.6) is 0 Å². The van der Waals surface area contributed by atoms with E-state index >= 15 is 0 Å². The summed E-state index contributed by atoms with van der Waals surface area (Å²) in [6, 6.07) is 7.58. The highest BCUT2D eigenvalue weighted by molar-refractivity contribution is 6.04. The number of carbonyl (C=O) groups excluding carboxylic acids is 5. The summed E-state index contributed by atoms with van der Waals surface area (Å²) in [5.41, 5.74) is 4.66. The molecule has 1 aliphatic rings. The number of benzene rings is 1. The molecular weight excluding hydrogens is 344 g/mol. The fraction of sp³-hybridized carbons (Fsp3) is 0.312. The van der Waals surface area contributed by atoms with Gasteiger partial charge in [-0.1, -0.05) is 18.2 Å². The smallest absolute Gasteiger partial charge is 0.327 e. The topological polar surface area (TPSA) is 125 Å². The molecule has 1 fully saturated rings.